The highest BCUT2D eigenvalue weighted by Crippen LogP contribution is 2.18. The predicted molar refractivity (Wildman–Crippen MR) is 54.1 cm³/mol. The van der Waals surface area contributed by atoms with Crippen LogP contribution in [0.2, 0.25) is 0 Å². The highest BCUT2D eigenvalue weighted by molar-refractivity contribution is 7.91. The van der Waals surface area contributed by atoms with Crippen LogP contribution in [0.3, 0.4) is 0 Å². The second-order valence-electron chi connectivity index (χ2n) is 3.77. The number of hydrogen-bond donors (Lipinski definition) is 2. The summed E-state index contributed by atoms with van der Waals surface area (Å²) in [5.74, 6) is -0.239. The van der Waals surface area contributed by atoms with Gasteiger partial charge in [-0.1, -0.05) is 0 Å². The van der Waals surface area contributed by atoms with Crippen LogP contribution in [0.4, 0.5) is 0 Å². The molecule has 1 aromatic heterocycles. The van der Waals surface area contributed by atoms with Gasteiger partial charge in [-0.15, -0.1) is 0 Å². The number of nitrogens with one attached hydrogen (secondary N) is 1. The minimum absolute atomic E-state index is 0.206. The number of hydrogen-bond acceptors (Lipinski definition) is 5. The summed E-state index contributed by atoms with van der Waals surface area (Å²) in [6, 6.07) is 2.87. The Kier molecular flexibility index (Phi) is 2.49. The van der Waals surface area contributed by atoms with Gasteiger partial charge in [-0.2, -0.15) is 0 Å². The van der Waals surface area contributed by atoms with Crippen molar-refractivity contribution in [1.82, 2.24) is 10.3 Å². The summed E-state index contributed by atoms with van der Waals surface area (Å²) in [4.78, 5) is 3.96. The van der Waals surface area contributed by atoms with Gasteiger partial charge in [-0.3, -0.25) is 4.98 Å². The summed E-state index contributed by atoms with van der Waals surface area (Å²) in [5.41, 5.74) is -1.11. The van der Waals surface area contributed by atoms with E-state index in [4.69, 9.17) is 0 Å². The van der Waals surface area contributed by atoms with Crippen LogP contribution in [0.1, 0.15) is 0 Å². The van der Waals surface area contributed by atoms with Crippen molar-refractivity contribution >= 4 is 9.84 Å². The van der Waals surface area contributed by atoms with Crippen LogP contribution in [-0.4, -0.2) is 43.0 Å². The van der Waals surface area contributed by atoms with E-state index in [0.717, 1.165) is 0 Å². The number of aliphatic hydroxyl groups is 1. The zero-order valence-electron chi connectivity index (χ0n) is 8.05. The molecule has 15 heavy (non-hydrogen) atoms. The minimum Gasteiger partial charge on any atom is -0.386 e. The summed E-state index contributed by atoms with van der Waals surface area (Å²) in [6.45, 7) is 0.661. The number of aromatic nitrogens is 1. The highest BCUT2D eigenvalue weighted by Gasteiger charge is 2.39. The zero-order chi connectivity index (χ0) is 10.9. The van der Waals surface area contributed by atoms with Crippen LogP contribution in [0.5, 0.6) is 0 Å². The first-order chi connectivity index (χ1) is 7.02. The van der Waals surface area contributed by atoms with Crippen molar-refractivity contribution in [2.24, 2.45) is 0 Å². The fourth-order valence-electron chi connectivity index (χ4n) is 1.50. The molecule has 82 valence electrons. The van der Waals surface area contributed by atoms with Crippen molar-refractivity contribution in [1.29, 1.82) is 0 Å². The maximum absolute atomic E-state index is 11.8. The Bertz CT molecular complexity index is 440. The molecule has 5 nitrogen and oxygen atoms in total. The molecule has 0 unspecified atom stereocenters. The SMILES string of the molecule is O=S(=O)(CC1(O)CNC1)c1ccncc1. The Hall–Kier alpha value is -0.980. The molecule has 2 N–H and O–H groups in total. The first kappa shape index (κ1) is 10.5. The summed E-state index contributed by atoms with van der Waals surface area (Å²) < 4.78 is 23.7. The molecule has 0 aliphatic carbocycles. The molecule has 1 aliphatic heterocycles. The van der Waals surface area contributed by atoms with Crippen molar-refractivity contribution in [3.05, 3.63) is 24.5 Å². The smallest absolute Gasteiger partial charge is 0.181 e. The van der Waals surface area contributed by atoms with Gasteiger partial charge in [0.2, 0.25) is 0 Å². The average molecular weight is 228 g/mol. The second kappa shape index (κ2) is 3.55. The van der Waals surface area contributed by atoms with Gasteiger partial charge in [0.15, 0.2) is 9.84 Å². The molecule has 0 atom stereocenters. The van der Waals surface area contributed by atoms with Gasteiger partial charge >= 0.3 is 0 Å². The molecule has 1 aliphatic rings. The van der Waals surface area contributed by atoms with Gasteiger partial charge in [-0.05, 0) is 12.1 Å². The van der Waals surface area contributed by atoms with E-state index in [9.17, 15) is 13.5 Å². The van der Waals surface area contributed by atoms with Gasteiger partial charge in [0.1, 0.15) is 5.60 Å². The van der Waals surface area contributed by atoms with E-state index in [1.165, 1.54) is 24.5 Å². The molecule has 1 fully saturated rings. The van der Waals surface area contributed by atoms with Gasteiger partial charge in [0.05, 0.1) is 10.6 Å². The van der Waals surface area contributed by atoms with Crippen molar-refractivity contribution in [3.63, 3.8) is 0 Å². The van der Waals surface area contributed by atoms with Crippen LogP contribution in [0.25, 0.3) is 0 Å². The fourth-order valence-corrected chi connectivity index (χ4v) is 3.11. The highest BCUT2D eigenvalue weighted by atomic mass is 32.2. The maximum atomic E-state index is 11.8. The largest absolute Gasteiger partial charge is 0.386 e. The van der Waals surface area contributed by atoms with Gasteiger partial charge < -0.3 is 10.4 Å². The molecule has 0 saturated carbocycles. The van der Waals surface area contributed by atoms with Crippen LogP contribution in [0, 0.1) is 0 Å². The summed E-state index contributed by atoms with van der Waals surface area (Å²) >= 11 is 0. The molecule has 0 aromatic carbocycles. The van der Waals surface area contributed by atoms with E-state index in [1.54, 1.807) is 0 Å². The van der Waals surface area contributed by atoms with Crippen molar-refractivity contribution in [2.45, 2.75) is 10.5 Å². The van der Waals surface area contributed by atoms with Crippen LogP contribution in [-0.2, 0) is 9.84 Å². The molecule has 1 aromatic rings. The summed E-state index contributed by atoms with van der Waals surface area (Å²) in [5, 5.41) is 12.6. The van der Waals surface area contributed by atoms with Crippen LogP contribution < -0.4 is 5.32 Å². The quantitative estimate of drug-likeness (QED) is 0.707. The molecule has 0 bridgehead atoms. The average Bonchev–Trinajstić information content (AvgIpc) is 2.16. The summed E-state index contributed by atoms with van der Waals surface area (Å²) in [7, 11) is -3.41. The number of pyridine rings is 1. The van der Waals surface area contributed by atoms with E-state index < -0.39 is 15.4 Å². The van der Waals surface area contributed by atoms with E-state index >= 15 is 0 Å². The monoisotopic (exact) mass is 228 g/mol. The number of nitrogens with zero attached hydrogens (tertiary/aromatic N) is 1. The standard InChI is InChI=1S/C9H12N2O3S/c12-9(5-11-6-9)7-15(13,14)8-1-3-10-4-2-8/h1-4,11-12H,5-7H2. The maximum Gasteiger partial charge on any atom is 0.181 e. The fraction of sp³-hybridized carbons (Fsp3) is 0.444. The van der Waals surface area contributed by atoms with E-state index in [-0.39, 0.29) is 10.6 Å². The molecule has 1 saturated heterocycles. The molecular formula is C9H12N2O3S. The van der Waals surface area contributed by atoms with Crippen molar-refractivity contribution in [2.75, 3.05) is 18.8 Å². The molecule has 2 heterocycles. The Balaban J connectivity index is 2.21. The summed E-state index contributed by atoms with van der Waals surface area (Å²) in [6.07, 6.45) is 2.85. The lowest BCUT2D eigenvalue weighted by atomic mass is 10.0. The van der Waals surface area contributed by atoms with Crippen molar-refractivity contribution < 1.29 is 13.5 Å². The van der Waals surface area contributed by atoms with E-state index in [1.807, 2.05) is 0 Å². The third-order valence-corrected chi connectivity index (χ3v) is 4.28. The first-order valence-corrected chi connectivity index (χ1v) is 6.23. The topological polar surface area (TPSA) is 79.3 Å². The Morgan fingerprint density at radius 1 is 1.40 bits per heavy atom. The predicted octanol–water partition coefficient (Wildman–Crippen LogP) is -0.810. The first-order valence-electron chi connectivity index (χ1n) is 4.58. The third-order valence-electron chi connectivity index (χ3n) is 2.38. The van der Waals surface area contributed by atoms with Gasteiger partial charge in [0.25, 0.3) is 0 Å². The second-order valence-corrected chi connectivity index (χ2v) is 5.76. The Morgan fingerprint density at radius 3 is 2.47 bits per heavy atom. The Morgan fingerprint density at radius 2 is 2.00 bits per heavy atom. The van der Waals surface area contributed by atoms with Gasteiger partial charge in [-0.25, -0.2) is 8.42 Å². The molecule has 0 radical (unpaired) electrons. The van der Waals surface area contributed by atoms with Crippen LogP contribution >= 0.6 is 0 Å². The number of rotatable bonds is 3. The van der Waals surface area contributed by atoms with E-state index in [2.05, 4.69) is 10.3 Å². The van der Waals surface area contributed by atoms with Crippen molar-refractivity contribution in [3.8, 4) is 0 Å². The zero-order valence-corrected chi connectivity index (χ0v) is 8.87. The van der Waals surface area contributed by atoms with E-state index in [0.29, 0.717) is 13.1 Å². The Labute approximate surface area is 88.1 Å². The van der Waals surface area contributed by atoms with Gasteiger partial charge in [0, 0.05) is 25.5 Å². The molecule has 6 heteroatoms. The molecule has 0 amide bonds. The van der Waals surface area contributed by atoms with Crippen LogP contribution in [0.15, 0.2) is 29.4 Å². The third kappa shape index (κ3) is 2.17. The normalized spacial score (nSPS) is 19.5. The lowest BCUT2D eigenvalue weighted by Crippen LogP contribution is -2.62. The number of β-amino-alcohol motifs (C(OH)–C–C–N with tert-alkyl or cyclic N) is 1. The number of sulfone groups is 1. The molecule has 2 rings (SSSR count). The molecular weight excluding hydrogens is 216 g/mol. The lowest BCUT2D eigenvalue weighted by molar-refractivity contribution is 0.0120. The molecule has 0 spiro atoms. The lowest BCUT2D eigenvalue weighted by Gasteiger charge is -2.37. The minimum atomic E-state index is -3.41.